The first-order valence-electron chi connectivity index (χ1n) is 11.2. The first kappa shape index (κ1) is 22.8. The van der Waals surface area contributed by atoms with Gasteiger partial charge < -0.3 is 10.0 Å². The lowest BCUT2D eigenvalue weighted by atomic mass is 9.93. The number of fused-ring (bicyclic) bond motifs is 1. The van der Waals surface area contributed by atoms with Crippen LogP contribution in [0.2, 0.25) is 5.02 Å². The topological polar surface area (TPSA) is 57.6 Å². The third-order valence-corrected chi connectivity index (χ3v) is 6.58. The van der Waals surface area contributed by atoms with Gasteiger partial charge in [0.15, 0.2) is 0 Å². The van der Waals surface area contributed by atoms with Crippen LogP contribution in [0.1, 0.15) is 22.7 Å². The van der Waals surface area contributed by atoms with Crippen LogP contribution in [0.3, 0.4) is 0 Å². The molecule has 1 amide bonds. The molecule has 0 bridgehead atoms. The predicted molar refractivity (Wildman–Crippen MR) is 135 cm³/mol. The molecule has 4 aromatic carbocycles. The molecule has 4 nitrogen and oxygen atoms in total. The number of hydrogen-bond acceptors (Lipinski definition) is 3. The summed E-state index contributed by atoms with van der Waals surface area (Å²) >= 11 is 6.09. The van der Waals surface area contributed by atoms with Crippen molar-refractivity contribution < 1.29 is 19.1 Å². The van der Waals surface area contributed by atoms with Crippen LogP contribution < -0.4 is 0 Å². The van der Waals surface area contributed by atoms with E-state index >= 15 is 0 Å². The summed E-state index contributed by atoms with van der Waals surface area (Å²) in [7, 11) is 0. The second-order valence-corrected chi connectivity index (χ2v) is 8.88. The number of amides is 1. The van der Waals surface area contributed by atoms with E-state index in [1.165, 1.54) is 17.0 Å². The molecule has 0 radical (unpaired) electrons. The maximum Gasteiger partial charge on any atom is 0.295 e. The summed E-state index contributed by atoms with van der Waals surface area (Å²) in [5.74, 6) is -1.99. The van der Waals surface area contributed by atoms with Crippen LogP contribution in [0.25, 0.3) is 16.5 Å². The van der Waals surface area contributed by atoms with Gasteiger partial charge in [-0.1, -0.05) is 78.3 Å². The maximum atomic E-state index is 13.3. The van der Waals surface area contributed by atoms with Gasteiger partial charge in [-0.15, -0.1) is 0 Å². The van der Waals surface area contributed by atoms with Crippen molar-refractivity contribution in [3.8, 4) is 0 Å². The number of benzene rings is 4. The van der Waals surface area contributed by atoms with E-state index in [0.29, 0.717) is 22.6 Å². The molecule has 1 saturated heterocycles. The van der Waals surface area contributed by atoms with Crippen LogP contribution in [0.5, 0.6) is 0 Å². The Labute approximate surface area is 206 Å². The summed E-state index contributed by atoms with van der Waals surface area (Å²) in [5, 5.41) is 13.6. The number of carbonyl (C=O) groups excluding carboxylic acids is 2. The van der Waals surface area contributed by atoms with Crippen molar-refractivity contribution in [2.45, 2.75) is 12.5 Å². The summed E-state index contributed by atoms with van der Waals surface area (Å²) in [5.41, 5.74) is 2.01. The minimum Gasteiger partial charge on any atom is -0.507 e. The second-order valence-electron chi connectivity index (χ2n) is 8.45. The first-order chi connectivity index (χ1) is 16.9. The Bertz CT molecular complexity index is 1460. The monoisotopic (exact) mass is 485 g/mol. The Balaban J connectivity index is 1.62. The number of nitrogens with zero attached hydrogens (tertiary/aromatic N) is 1. The minimum atomic E-state index is -0.785. The lowest BCUT2D eigenvalue weighted by Gasteiger charge is -2.25. The van der Waals surface area contributed by atoms with E-state index in [4.69, 9.17) is 11.6 Å². The average Bonchev–Trinajstić information content (AvgIpc) is 3.13. The molecule has 1 aliphatic rings. The zero-order valence-electron chi connectivity index (χ0n) is 18.6. The van der Waals surface area contributed by atoms with Crippen molar-refractivity contribution in [3.63, 3.8) is 0 Å². The molecule has 5 rings (SSSR count). The molecule has 1 heterocycles. The van der Waals surface area contributed by atoms with Crippen molar-refractivity contribution in [1.29, 1.82) is 0 Å². The number of carbonyl (C=O) groups is 2. The summed E-state index contributed by atoms with van der Waals surface area (Å²) < 4.78 is 13.3. The lowest BCUT2D eigenvalue weighted by molar-refractivity contribution is -0.139. The highest BCUT2D eigenvalue weighted by molar-refractivity contribution is 6.46. The molecule has 4 aromatic rings. The molecule has 174 valence electrons. The van der Waals surface area contributed by atoms with Crippen LogP contribution in [-0.2, 0) is 16.0 Å². The summed E-state index contributed by atoms with van der Waals surface area (Å²) in [4.78, 5) is 27.9. The van der Waals surface area contributed by atoms with Gasteiger partial charge in [0.25, 0.3) is 11.7 Å². The van der Waals surface area contributed by atoms with Crippen molar-refractivity contribution in [2.24, 2.45) is 0 Å². The van der Waals surface area contributed by atoms with E-state index in [0.717, 1.165) is 16.3 Å². The van der Waals surface area contributed by atoms with Gasteiger partial charge in [-0.3, -0.25) is 9.59 Å². The number of ketones is 1. The fraction of sp³-hybridized carbons (Fsp3) is 0.103. The largest absolute Gasteiger partial charge is 0.507 e. The van der Waals surface area contributed by atoms with Gasteiger partial charge >= 0.3 is 0 Å². The zero-order chi connectivity index (χ0) is 24.5. The third kappa shape index (κ3) is 4.31. The lowest BCUT2D eigenvalue weighted by Crippen LogP contribution is -2.31. The molecule has 0 aromatic heterocycles. The Morgan fingerprint density at radius 3 is 2.31 bits per heavy atom. The van der Waals surface area contributed by atoms with E-state index in [-0.39, 0.29) is 23.7 Å². The van der Waals surface area contributed by atoms with Crippen LogP contribution in [0.4, 0.5) is 4.39 Å². The van der Waals surface area contributed by atoms with E-state index in [9.17, 15) is 19.1 Å². The summed E-state index contributed by atoms with van der Waals surface area (Å²) in [6.45, 7) is 0.218. The molecule has 0 saturated carbocycles. The molecule has 1 unspecified atom stereocenters. The molecule has 1 N–H and O–H groups in total. The molecule has 6 heteroatoms. The predicted octanol–water partition coefficient (Wildman–Crippen LogP) is 6.30. The zero-order valence-corrected chi connectivity index (χ0v) is 19.4. The Hall–Kier alpha value is -3.96. The number of aliphatic hydroxyl groups excluding tert-OH is 1. The highest BCUT2D eigenvalue weighted by Gasteiger charge is 2.45. The summed E-state index contributed by atoms with van der Waals surface area (Å²) in [6.07, 6.45) is 0.422. The molecule has 1 fully saturated rings. The Morgan fingerprint density at radius 1 is 0.886 bits per heavy atom. The first-order valence-corrected chi connectivity index (χ1v) is 11.6. The SMILES string of the molecule is O=C1C(=O)N(CCc2ccc(F)cc2)C(c2ccc(Cl)cc2)/C1=C(/O)c1cccc2ccccc12. The fourth-order valence-corrected chi connectivity index (χ4v) is 4.71. The number of likely N-dealkylation sites (tertiary alicyclic amines) is 1. The van der Waals surface area contributed by atoms with Crippen LogP contribution in [0, 0.1) is 5.82 Å². The minimum absolute atomic E-state index is 0.0350. The quantitative estimate of drug-likeness (QED) is 0.205. The van der Waals surface area contributed by atoms with Gasteiger partial charge in [0, 0.05) is 17.1 Å². The van der Waals surface area contributed by atoms with Crippen LogP contribution >= 0.6 is 11.6 Å². The number of rotatable bonds is 5. The van der Waals surface area contributed by atoms with E-state index in [1.807, 2.05) is 30.3 Å². The highest BCUT2D eigenvalue weighted by atomic mass is 35.5. The van der Waals surface area contributed by atoms with Gasteiger partial charge in [0.2, 0.25) is 0 Å². The average molecular weight is 486 g/mol. The van der Waals surface area contributed by atoms with Gasteiger partial charge in [-0.05, 0) is 52.6 Å². The standard InChI is InChI=1S/C29H21ClFNO3/c30-21-12-10-20(11-13-21)26-25(27(33)24-7-3-5-19-4-1-2-6-23(19)24)28(34)29(35)32(26)17-16-18-8-14-22(31)15-9-18/h1-15,26,33H,16-17H2/b27-25-. The van der Waals surface area contributed by atoms with Gasteiger partial charge in [-0.2, -0.15) is 0 Å². The fourth-order valence-electron chi connectivity index (χ4n) is 4.58. The molecule has 0 aliphatic carbocycles. The van der Waals surface area contributed by atoms with Gasteiger partial charge in [0.05, 0.1) is 11.6 Å². The molecular weight excluding hydrogens is 465 g/mol. The van der Waals surface area contributed by atoms with Crippen LogP contribution in [-0.4, -0.2) is 28.2 Å². The Kier molecular flexibility index (Phi) is 6.10. The molecule has 35 heavy (non-hydrogen) atoms. The molecular formula is C29H21ClFNO3. The second kappa shape index (κ2) is 9.35. The smallest absolute Gasteiger partial charge is 0.295 e. The van der Waals surface area contributed by atoms with E-state index in [1.54, 1.807) is 48.5 Å². The van der Waals surface area contributed by atoms with E-state index < -0.39 is 17.7 Å². The third-order valence-electron chi connectivity index (χ3n) is 6.33. The van der Waals surface area contributed by atoms with Crippen LogP contribution in [0.15, 0.2) is 96.6 Å². The van der Waals surface area contributed by atoms with Crippen molar-refractivity contribution in [2.75, 3.05) is 6.54 Å². The van der Waals surface area contributed by atoms with Gasteiger partial charge in [0.1, 0.15) is 11.6 Å². The molecule has 1 atom stereocenters. The number of aliphatic hydroxyl groups is 1. The number of halogens is 2. The normalized spacial score (nSPS) is 17.3. The van der Waals surface area contributed by atoms with Crippen molar-refractivity contribution >= 4 is 39.8 Å². The Morgan fingerprint density at radius 2 is 1.57 bits per heavy atom. The van der Waals surface area contributed by atoms with E-state index in [2.05, 4.69) is 0 Å². The van der Waals surface area contributed by atoms with Gasteiger partial charge in [-0.25, -0.2) is 4.39 Å². The molecule has 0 spiro atoms. The van der Waals surface area contributed by atoms with Crippen molar-refractivity contribution in [1.82, 2.24) is 4.90 Å². The summed E-state index contributed by atoms with van der Waals surface area (Å²) in [6, 6.07) is 25.1. The van der Waals surface area contributed by atoms with Crippen molar-refractivity contribution in [3.05, 3.63) is 124 Å². The highest BCUT2D eigenvalue weighted by Crippen LogP contribution is 2.40. The molecule has 1 aliphatic heterocycles. The maximum absolute atomic E-state index is 13.3. The number of hydrogen-bond donors (Lipinski definition) is 1. The number of Topliss-reactive ketones (excluding diaryl/α,β-unsaturated/α-hetero) is 1.